The molecule has 2 aromatic rings. The third-order valence-electron chi connectivity index (χ3n) is 7.99. The first-order valence-corrected chi connectivity index (χ1v) is 11.4. The van der Waals surface area contributed by atoms with Gasteiger partial charge in [0.25, 0.3) is 0 Å². The molecule has 31 heavy (non-hydrogen) atoms. The van der Waals surface area contributed by atoms with Gasteiger partial charge in [0.1, 0.15) is 5.75 Å². The van der Waals surface area contributed by atoms with E-state index in [0.29, 0.717) is 5.75 Å². The van der Waals surface area contributed by atoms with E-state index in [-0.39, 0.29) is 11.0 Å². The molecule has 2 N–H and O–H groups in total. The van der Waals surface area contributed by atoms with Crippen molar-refractivity contribution in [1.29, 1.82) is 0 Å². The van der Waals surface area contributed by atoms with Crippen LogP contribution in [0, 0.1) is 17.8 Å². The normalized spacial score (nSPS) is 29.2. The van der Waals surface area contributed by atoms with Gasteiger partial charge in [-0.05, 0) is 115 Å². The van der Waals surface area contributed by atoms with Gasteiger partial charge in [0.05, 0.1) is 5.56 Å². The Labute approximate surface area is 184 Å². The predicted molar refractivity (Wildman–Crippen MR) is 125 cm³/mol. The standard InChI is InChI=1S/C28H30O3/c1-3-21-12-24(27(30)31)5-4-23(21)8-17(2)22-6-7-26(29)25(13-22)28-14-18-9-19(15-28)11-20(10-18)16-28/h3-8,12-13,18-20,29H,1,9-11,14-16H2,2H3,(H,30,31)/b17-8+. The number of aromatic carboxylic acids is 1. The minimum atomic E-state index is -0.936. The molecule has 3 heteroatoms. The van der Waals surface area contributed by atoms with Crippen LogP contribution in [-0.4, -0.2) is 16.2 Å². The summed E-state index contributed by atoms with van der Waals surface area (Å²) in [6, 6.07) is 11.2. The highest BCUT2D eigenvalue weighted by Gasteiger charge is 2.52. The van der Waals surface area contributed by atoms with Crippen LogP contribution in [0.4, 0.5) is 0 Å². The van der Waals surface area contributed by atoms with Crippen molar-refractivity contribution in [3.63, 3.8) is 0 Å². The summed E-state index contributed by atoms with van der Waals surface area (Å²) in [5, 5.41) is 20.1. The number of rotatable bonds is 5. The van der Waals surface area contributed by atoms with Crippen LogP contribution in [0.25, 0.3) is 17.7 Å². The Kier molecular flexibility index (Phi) is 4.80. The van der Waals surface area contributed by atoms with E-state index in [1.807, 2.05) is 18.2 Å². The Hall–Kier alpha value is -2.81. The average Bonchev–Trinajstić information content (AvgIpc) is 2.73. The van der Waals surface area contributed by atoms with E-state index < -0.39 is 5.97 Å². The maximum atomic E-state index is 11.3. The molecule has 0 radical (unpaired) electrons. The van der Waals surface area contributed by atoms with Crippen molar-refractivity contribution in [3.8, 4) is 5.75 Å². The predicted octanol–water partition coefficient (Wildman–Crippen LogP) is 6.76. The van der Waals surface area contributed by atoms with E-state index in [1.165, 1.54) is 38.5 Å². The minimum Gasteiger partial charge on any atom is -0.508 e. The first-order chi connectivity index (χ1) is 14.9. The van der Waals surface area contributed by atoms with Crippen molar-refractivity contribution in [2.75, 3.05) is 0 Å². The zero-order valence-corrected chi connectivity index (χ0v) is 18.1. The average molecular weight is 415 g/mol. The number of hydrogen-bond acceptors (Lipinski definition) is 2. The molecule has 160 valence electrons. The number of carboxylic acid groups (broad SMARTS) is 1. The first-order valence-electron chi connectivity index (χ1n) is 11.4. The fourth-order valence-corrected chi connectivity index (χ4v) is 6.98. The number of phenols is 1. The number of hydrogen-bond donors (Lipinski definition) is 2. The Balaban J connectivity index is 1.51. The van der Waals surface area contributed by atoms with Crippen molar-refractivity contribution in [2.45, 2.75) is 50.9 Å². The quantitative estimate of drug-likeness (QED) is 0.531. The summed E-state index contributed by atoms with van der Waals surface area (Å²) in [5.74, 6) is 1.99. The summed E-state index contributed by atoms with van der Waals surface area (Å²) in [6.45, 7) is 5.93. The van der Waals surface area contributed by atoms with E-state index in [0.717, 1.165) is 45.6 Å². The first kappa shape index (κ1) is 20.1. The van der Waals surface area contributed by atoms with Gasteiger partial charge in [0.2, 0.25) is 0 Å². The summed E-state index contributed by atoms with van der Waals surface area (Å²) in [5.41, 5.74) is 5.50. The lowest BCUT2D eigenvalue weighted by Gasteiger charge is -2.57. The Morgan fingerprint density at radius 2 is 1.58 bits per heavy atom. The zero-order valence-electron chi connectivity index (χ0n) is 18.1. The molecule has 2 aromatic carbocycles. The van der Waals surface area contributed by atoms with Gasteiger partial charge in [-0.1, -0.05) is 30.9 Å². The lowest BCUT2D eigenvalue weighted by molar-refractivity contribution is -0.00614. The molecule has 6 rings (SSSR count). The molecule has 0 heterocycles. The molecule has 4 fully saturated rings. The van der Waals surface area contributed by atoms with Crippen molar-refractivity contribution < 1.29 is 15.0 Å². The monoisotopic (exact) mass is 414 g/mol. The Morgan fingerprint density at radius 3 is 2.16 bits per heavy atom. The van der Waals surface area contributed by atoms with Crippen LogP contribution in [-0.2, 0) is 5.41 Å². The van der Waals surface area contributed by atoms with Gasteiger partial charge in [-0.25, -0.2) is 4.79 Å². The summed E-state index contributed by atoms with van der Waals surface area (Å²) in [7, 11) is 0. The van der Waals surface area contributed by atoms with E-state index in [4.69, 9.17) is 0 Å². The largest absolute Gasteiger partial charge is 0.508 e. The van der Waals surface area contributed by atoms with Crippen molar-refractivity contribution in [2.24, 2.45) is 17.8 Å². The molecular formula is C28H30O3. The molecular weight excluding hydrogens is 384 g/mol. The van der Waals surface area contributed by atoms with Gasteiger partial charge >= 0.3 is 5.97 Å². The topological polar surface area (TPSA) is 57.5 Å². The fourth-order valence-electron chi connectivity index (χ4n) is 6.98. The number of benzene rings is 2. The molecule has 0 saturated heterocycles. The maximum Gasteiger partial charge on any atom is 0.335 e. The summed E-state index contributed by atoms with van der Waals surface area (Å²) in [6.07, 6.45) is 11.6. The number of aromatic hydroxyl groups is 1. The van der Waals surface area contributed by atoms with Gasteiger partial charge in [-0.2, -0.15) is 0 Å². The summed E-state index contributed by atoms with van der Waals surface area (Å²) >= 11 is 0. The highest BCUT2D eigenvalue weighted by Crippen LogP contribution is 2.61. The minimum absolute atomic E-state index is 0.143. The number of carboxylic acids is 1. The molecule has 0 unspecified atom stereocenters. The Morgan fingerprint density at radius 1 is 0.968 bits per heavy atom. The second-order valence-electron chi connectivity index (χ2n) is 10.1. The van der Waals surface area contributed by atoms with Crippen LogP contribution in [0.1, 0.15) is 78.1 Å². The summed E-state index contributed by atoms with van der Waals surface area (Å²) < 4.78 is 0. The lowest BCUT2D eigenvalue weighted by atomic mass is 9.48. The van der Waals surface area contributed by atoms with Crippen molar-refractivity contribution >= 4 is 23.7 Å². The molecule has 3 nitrogen and oxygen atoms in total. The molecule has 0 aliphatic heterocycles. The highest BCUT2D eigenvalue weighted by atomic mass is 16.4. The maximum absolute atomic E-state index is 11.3. The summed E-state index contributed by atoms with van der Waals surface area (Å²) in [4.78, 5) is 11.3. The number of carbonyl (C=O) groups is 1. The van der Waals surface area contributed by atoms with Crippen LogP contribution in [0.5, 0.6) is 5.75 Å². The number of allylic oxidation sites excluding steroid dienone is 1. The van der Waals surface area contributed by atoms with Crippen LogP contribution in [0.3, 0.4) is 0 Å². The van der Waals surface area contributed by atoms with Gasteiger partial charge in [-0.3, -0.25) is 0 Å². The molecule has 4 aliphatic rings. The molecule has 4 bridgehead atoms. The van der Waals surface area contributed by atoms with Crippen LogP contribution < -0.4 is 0 Å². The smallest absolute Gasteiger partial charge is 0.335 e. The van der Waals surface area contributed by atoms with Gasteiger partial charge in [0, 0.05) is 5.56 Å². The van der Waals surface area contributed by atoms with Crippen LogP contribution in [0.15, 0.2) is 43.0 Å². The molecule has 0 atom stereocenters. The third kappa shape index (κ3) is 3.50. The van der Waals surface area contributed by atoms with E-state index in [1.54, 1.807) is 18.2 Å². The van der Waals surface area contributed by atoms with E-state index in [9.17, 15) is 15.0 Å². The molecule has 0 aromatic heterocycles. The Bertz CT molecular complexity index is 1060. The number of phenolic OH excluding ortho intramolecular Hbond substituents is 1. The highest BCUT2D eigenvalue weighted by molar-refractivity contribution is 5.90. The molecule has 0 amide bonds. The van der Waals surface area contributed by atoms with Gasteiger partial charge in [-0.15, -0.1) is 0 Å². The van der Waals surface area contributed by atoms with E-state index in [2.05, 4.69) is 25.6 Å². The second-order valence-corrected chi connectivity index (χ2v) is 10.1. The lowest BCUT2D eigenvalue weighted by Crippen LogP contribution is -2.48. The molecule has 0 spiro atoms. The molecule has 4 saturated carbocycles. The SMILES string of the molecule is C=Cc1cc(C(=O)O)ccc1/C=C(\C)c1ccc(O)c(C23CC4CC(CC(C4)C2)C3)c1. The van der Waals surface area contributed by atoms with E-state index >= 15 is 0 Å². The second kappa shape index (κ2) is 7.40. The zero-order chi connectivity index (χ0) is 21.8. The van der Waals surface area contributed by atoms with Crippen molar-refractivity contribution in [1.82, 2.24) is 0 Å². The fraction of sp³-hybridized carbons (Fsp3) is 0.393. The van der Waals surface area contributed by atoms with Crippen LogP contribution in [0.2, 0.25) is 0 Å². The van der Waals surface area contributed by atoms with Gasteiger partial charge in [0.15, 0.2) is 0 Å². The van der Waals surface area contributed by atoms with Gasteiger partial charge < -0.3 is 10.2 Å². The van der Waals surface area contributed by atoms with Crippen LogP contribution >= 0.6 is 0 Å². The molecule has 4 aliphatic carbocycles. The van der Waals surface area contributed by atoms with Crippen molar-refractivity contribution in [3.05, 3.63) is 70.8 Å². The third-order valence-corrected chi connectivity index (χ3v) is 7.99.